The van der Waals surface area contributed by atoms with E-state index in [1.54, 1.807) is 13.0 Å². The molecule has 31 heavy (non-hydrogen) atoms. The number of hydrogen-bond acceptors (Lipinski definition) is 4. The predicted molar refractivity (Wildman–Crippen MR) is 117 cm³/mol. The van der Waals surface area contributed by atoms with Crippen molar-refractivity contribution in [3.05, 3.63) is 65.7 Å². The molecule has 0 atom stereocenters. The van der Waals surface area contributed by atoms with E-state index < -0.39 is 11.7 Å². The van der Waals surface area contributed by atoms with Crippen LogP contribution in [0.25, 0.3) is 11.3 Å². The number of anilines is 3. The fourth-order valence-corrected chi connectivity index (χ4v) is 3.83. The van der Waals surface area contributed by atoms with Crippen LogP contribution < -0.4 is 10.6 Å². The zero-order chi connectivity index (χ0) is 21.8. The molecule has 162 valence electrons. The van der Waals surface area contributed by atoms with Gasteiger partial charge in [-0.25, -0.2) is 4.98 Å². The van der Waals surface area contributed by atoms with Crippen LogP contribution >= 0.6 is 0 Å². The van der Waals surface area contributed by atoms with Gasteiger partial charge >= 0.3 is 6.18 Å². The summed E-state index contributed by atoms with van der Waals surface area (Å²) in [4.78, 5) is 9.24. The van der Waals surface area contributed by atoms with Gasteiger partial charge in [0.25, 0.3) is 0 Å². The maximum atomic E-state index is 13.2. The molecule has 0 bridgehead atoms. The van der Waals surface area contributed by atoms with Crippen LogP contribution in [0.4, 0.5) is 30.6 Å². The first-order valence-electron chi connectivity index (χ1n) is 10.5. The minimum Gasteiger partial charge on any atom is -0.351 e. The van der Waals surface area contributed by atoms with Crippen LogP contribution in [0.15, 0.2) is 54.6 Å². The van der Waals surface area contributed by atoms with Crippen LogP contribution in [-0.4, -0.2) is 16.0 Å². The number of aryl methyl sites for hydroxylation is 1. The fraction of sp³-hybridized carbons (Fsp3) is 0.333. The van der Waals surface area contributed by atoms with E-state index in [0.29, 0.717) is 34.8 Å². The topological polar surface area (TPSA) is 49.8 Å². The number of alkyl halides is 3. The first-order valence-corrected chi connectivity index (χ1v) is 10.5. The lowest BCUT2D eigenvalue weighted by molar-refractivity contribution is -0.137. The van der Waals surface area contributed by atoms with Crippen molar-refractivity contribution in [2.24, 2.45) is 0 Å². The van der Waals surface area contributed by atoms with Crippen molar-refractivity contribution in [1.82, 2.24) is 9.97 Å². The number of rotatable bonds is 5. The molecule has 0 radical (unpaired) electrons. The zero-order valence-corrected chi connectivity index (χ0v) is 17.3. The Balaban J connectivity index is 1.68. The van der Waals surface area contributed by atoms with E-state index in [0.717, 1.165) is 30.5 Å². The third-order valence-electron chi connectivity index (χ3n) is 5.56. The van der Waals surface area contributed by atoms with Gasteiger partial charge < -0.3 is 10.6 Å². The lowest BCUT2D eigenvalue weighted by atomic mass is 9.96. The number of hydrogen-bond donors (Lipinski definition) is 2. The maximum absolute atomic E-state index is 13.2. The highest BCUT2D eigenvalue weighted by atomic mass is 19.4. The Morgan fingerprint density at radius 1 is 0.903 bits per heavy atom. The Labute approximate surface area is 179 Å². The molecule has 7 heteroatoms. The molecular formula is C24H25F3N4. The summed E-state index contributed by atoms with van der Waals surface area (Å²) in [5.41, 5.74) is 2.01. The molecule has 0 amide bonds. The van der Waals surface area contributed by atoms with Crippen molar-refractivity contribution >= 4 is 17.5 Å². The van der Waals surface area contributed by atoms with E-state index in [4.69, 9.17) is 0 Å². The lowest BCUT2D eigenvalue weighted by Crippen LogP contribution is -2.23. The van der Waals surface area contributed by atoms with Crippen molar-refractivity contribution < 1.29 is 13.2 Å². The summed E-state index contributed by atoms with van der Waals surface area (Å²) in [5.74, 6) is 0.940. The Kier molecular flexibility index (Phi) is 6.11. The third kappa shape index (κ3) is 5.34. The molecule has 1 heterocycles. The molecule has 1 aromatic heterocycles. The Morgan fingerprint density at radius 3 is 2.35 bits per heavy atom. The highest BCUT2D eigenvalue weighted by Gasteiger charge is 2.30. The number of aromatic nitrogens is 2. The second-order valence-electron chi connectivity index (χ2n) is 7.96. The van der Waals surface area contributed by atoms with Crippen molar-refractivity contribution in [2.75, 3.05) is 10.6 Å². The Morgan fingerprint density at radius 2 is 1.65 bits per heavy atom. The molecule has 2 N–H and O–H groups in total. The van der Waals surface area contributed by atoms with Gasteiger partial charge in [-0.2, -0.15) is 18.2 Å². The second-order valence-corrected chi connectivity index (χ2v) is 7.96. The van der Waals surface area contributed by atoms with E-state index in [1.165, 1.54) is 25.3 Å². The van der Waals surface area contributed by atoms with Crippen LogP contribution in [0.2, 0.25) is 0 Å². The van der Waals surface area contributed by atoms with Crippen molar-refractivity contribution in [3.63, 3.8) is 0 Å². The molecule has 4 nitrogen and oxygen atoms in total. The third-order valence-corrected chi connectivity index (χ3v) is 5.56. The number of benzene rings is 2. The van der Waals surface area contributed by atoms with Gasteiger partial charge in [0.1, 0.15) is 5.82 Å². The average Bonchev–Trinajstić information content (AvgIpc) is 2.76. The highest BCUT2D eigenvalue weighted by Crippen LogP contribution is 2.33. The maximum Gasteiger partial charge on any atom is 0.416 e. The summed E-state index contributed by atoms with van der Waals surface area (Å²) >= 11 is 0. The van der Waals surface area contributed by atoms with Gasteiger partial charge in [0.15, 0.2) is 0 Å². The monoisotopic (exact) mass is 426 g/mol. The van der Waals surface area contributed by atoms with Gasteiger partial charge in [0, 0.05) is 23.4 Å². The van der Waals surface area contributed by atoms with Gasteiger partial charge in [0.05, 0.1) is 11.3 Å². The van der Waals surface area contributed by atoms with Crippen LogP contribution in [0.5, 0.6) is 0 Å². The molecule has 2 aromatic carbocycles. The summed E-state index contributed by atoms with van der Waals surface area (Å²) in [6, 6.07) is 15.4. The Bertz CT molecular complexity index is 1030. The van der Waals surface area contributed by atoms with E-state index >= 15 is 0 Å². The van der Waals surface area contributed by atoms with E-state index in [2.05, 4.69) is 20.6 Å². The van der Waals surface area contributed by atoms with Gasteiger partial charge in [0.2, 0.25) is 5.95 Å². The van der Waals surface area contributed by atoms with Gasteiger partial charge in [-0.1, -0.05) is 55.7 Å². The first kappa shape index (κ1) is 21.2. The molecule has 1 saturated carbocycles. The minimum atomic E-state index is -4.40. The van der Waals surface area contributed by atoms with E-state index in [-0.39, 0.29) is 0 Å². The molecule has 1 aliphatic rings. The minimum absolute atomic E-state index is 0.308. The van der Waals surface area contributed by atoms with Crippen LogP contribution in [-0.2, 0) is 6.18 Å². The van der Waals surface area contributed by atoms with E-state index in [1.807, 2.05) is 30.3 Å². The summed E-state index contributed by atoms with van der Waals surface area (Å²) in [5, 5.41) is 6.51. The number of nitrogens with one attached hydrogen (secondary N) is 2. The molecule has 0 unspecified atom stereocenters. The molecule has 4 rings (SSSR count). The summed E-state index contributed by atoms with van der Waals surface area (Å²) in [7, 11) is 0. The van der Waals surface area contributed by atoms with Gasteiger partial charge in [-0.05, 0) is 37.5 Å². The van der Waals surface area contributed by atoms with Gasteiger partial charge in [-0.15, -0.1) is 0 Å². The molecule has 0 aliphatic heterocycles. The van der Waals surface area contributed by atoms with Crippen molar-refractivity contribution in [3.8, 4) is 11.3 Å². The number of halogens is 3. The second kappa shape index (κ2) is 8.96. The van der Waals surface area contributed by atoms with Gasteiger partial charge in [-0.3, -0.25) is 0 Å². The van der Waals surface area contributed by atoms with Crippen LogP contribution in [0.3, 0.4) is 0 Å². The molecular weight excluding hydrogens is 401 g/mol. The summed E-state index contributed by atoms with van der Waals surface area (Å²) < 4.78 is 39.6. The first-order chi connectivity index (χ1) is 14.9. The quantitative estimate of drug-likeness (QED) is 0.463. The van der Waals surface area contributed by atoms with Crippen molar-refractivity contribution in [2.45, 2.75) is 51.2 Å². The smallest absolute Gasteiger partial charge is 0.351 e. The largest absolute Gasteiger partial charge is 0.416 e. The Hall–Kier alpha value is -3.09. The molecule has 3 aromatic rings. The lowest BCUT2D eigenvalue weighted by Gasteiger charge is -2.23. The SMILES string of the molecule is Cc1ccc(C(F)(F)F)cc1Nc1cc(-c2ccccc2)nc(NC2CCCCC2)n1. The zero-order valence-electron chi connectivity index (χ0n) is 17.3. The summed E-state index contributed by atoms with van der Waals surface area (Å²) in [6.07, 6.45) is 1.31. The van der Waals surface area contributed by atoms with Crippen molar-refractivity contribution in [1.29, 1.82) is 0 Å². The molecule has 1 fully saturated rings. The average molecular weight is 426 g/mol. The normalized spacial score (nSPS) is 15.0. The van der Waals surface area contributed by atoms with Crippen LogP contribution in [0.1, 0.15) is 43.2 Å². The molecule has 1 aliphatic carbocycles. The van der Waals surface area contributed by atoms with Crippen LogP contribution in [0, 0.1) is 6.92 Å². The molecule has 0 spiro atoms. The molecule has 0 saturated heterocycles. The fourth-order valence-electron chi connectivity index (χ4n) is 3.83. The highest BCUT2D eigenvalue weighted by molar-refractivity contribution is 5.69. The predicted octanol–water partition coefficient (Wildman–Crippen LogP) is 6.96. The van der Waals surface area contributed by atoms with E-state index in [9.17, 15) is 13.2 Å². The standard InChI is InChI=1S/C24H25F3N4/c1-16-12-13-18(24(25,26)27)14-20(16)29-22-15-21(17-8-4-2-5-9-17)30-23(31-22)28-19-10-6-3-7-11-19/h2,4-5,8-9,12-15,19H,3,6-7,10-11H2,1H3,(H2,28,29,30,31). The number of nitrogens with zero attached hydrogens (tertiary/aromatic N) is 2. The summed E-state index contributed by atoms with van der Waals surface area (Å²) in [6.45, 7) is 1.77.